The SMILES string of the molecule is N#C[C@@]1(c2ccc3c(N)ncnn23)O[C@H](COC(=O)OCCCCCCC(=O)O)[C@@H](O)[C@H]1O. The number of unbranched alkanes of at least 4 members (excludes halogenated alkanes) is 3. The first kappa shape index (κ1) is 24.2. The van der Waals surface area contributed by atoms with E-state index < -0.39 is 42.6 Å². The minimum atomic E-state index is -1.99. The Bertz CT molecular complexity index is 1040. The minimum Gasteiger partial charge on any atom is -0.481 e. The number of hydrogen-bond acceptors (Lipinski definition) is 11. The number of aromatic nitrogens is 3. The molecule has 0 saturated carbocycles. The molecule has 0 aliphatic carbocycles. The van der Waals surface area contributed by atoms with Crippen molar-refractivity contribution >= 4 is 23.5 Å². The van der Waals surface area contributed by atoms with Crippen LogP contribution in [0.4, 0.5) is 10.6 Å². The summed E-state index contributed by atoms with van der Waals surface area (Å²) in [5.74, 6) is -0.693. The Morgan fingerprint density at radius 3 is 2.73 bits per heavy atom. The number of rotatable bonds is 10. The van der Waals surface area contributed by atoms with Crippen molar-refractivity contribution in [3.8, 4) is 6.07 Å². The summed E-state index contributed by atoms with van der Waals surface area (Å²) in [6.07, 6.45) is -1.62. The third-order valence-electron chi connectivity index (χ3n) is 5.36. The monoisotopic (exact) mass is 463 g/mol. The number of fused-ring (bicyclic) bond motifs is 1. The van der Waals surface area contributed by atoms with Gasteiger partial charge in [-0.2, -0.15) is 10.4 Å². The van der Waals surface area contributed by atoms with Gasteiger partial charge in [-0.05, 0) is 25.0 Å². The van der Waals surface area contributed by atoms with Crippen LogP contribution in [0.5, 0.6) is 0 Å². The first-order valence-electron chi connectivity index (χ1n) is 10.4. The number of hydrogen-bond donors (Lipinski definition) is 4. The van der Waals surface area contributed by atoms with Crippen LogP contribution in [-0.4, -0.2) is 73.6 Å². The maximum atomic E-state index is 11.8. The number of carboxylic acids is 1. The highest BCUT2D eigenvalue weighted by Gasteiger charge is 2.57. The van der Waals surface area contributed by atoms with Crippen LogP contribution in [0.1, 0.15) is 37.8 Å². The Morgan fingerprint density at radius 1 is 1.24 bits per heavy atom. The van der Waals surface area contributed by atoms with Crippen molar-refractivity contribution in [3.63, 3.8) is 0 Å². The zero-order chi connectivity index (χ0) is 24.0. The molecule has 13 nitrogen and oxygen atoms in total. The van der Waals surface area contributed by atoms with E-state index in [1.165, 1.54) is 16.9 Å². The first-order valence-corrected chi connectivity index (χ1v) is 10.4. The van der Waals surface area contributed by atoms with Crippen molar-refractivity contribution in [3.05, 3.63) is 24.2 Å². The van der Waals surface area contributed by atoms with E-state index >= 15 is 0 Å². The molecule has 0 bridgehead atoms. The number of aliphatic carboxylic acids is 1. The number of ether oxygens (including phenoxy) is 3. The number of aliphatic hydroxyl groups is 2. The number of nitrogen functional groups attached to an aromatic ring is 1. The molecule has 0 radical (unpaired) electrons. The standard InChI is InChI=1S/C20H25N5O8/c21-10-20(14-7-6-12-18(22)23-11-24-25(12)14)17(29)16(28)13(33-20)9-32-19(30)31-8-4-2-1-3-5-15(26)27/h6-7,11,13,16-17,28-29H,1-5,8-9H2,(H,26,27)(H2,22,23,24)/t13-,16-,17-,20+/m1/s1. The number of carbonyl (C=O) groups is 2. The van der Waals surface area contributed by atoms with E-state index in [1.807, 2.05) is 6.07 Å². The molecule has 0 amide bonds. The van der Waals surface area contributed by atoms with Crippen LogP contribution in [0.2, 0.25) is 0 Å². The third-order valence-corrected chi connectivity index (χ3v) is 5.36. The summed E-state index contributed by atoms with van der Waals surface area (Å²) >= 11 is 0. The lowest BCUT2D eigenvalue weighted by Crippen LogP contribution is -2.41. The van der Waals surface area contributed by atoms with E-state index in [-0.39, 0.29) is 24.5 Å². The fraction of sp³-hybridized carbons (Fsp3) is 0.550. The zero-order valence-corrected chi connectivity index (χ0v) is 17.7. The van der Waals surface area contributed by atoms with Gasteiger partial charge in [0.05, 0.1) is 12.3 Å². The Labute approximate surface area is 188 Å². The van der Waals surface area contributed by atoms with Crippen molar-refractivity contribution in [2.24, 2.45) is 0 Å². The number of nitrogens with zero attached hydrogens (tertiary/aromatic N) is 4. The van der Waals surface area contributed by atoms with Gasteiger partial charge in [-0.25, -0.2) is 14.3 Å². The molecule has 33 heavy (non-hydrogen) atoms. The lowest BCUT2D eigenvalue weighted by Gasteiger charge is -2.24. The Balaban J connectivity index is 1.54. The lowest BCUT2D eigenvalue weighted by atomic mass is 9.92. The van der Waals surface area contributed by atoms with Crippen molar-refractivity contribution in [2.75, 3.05) is 18.9 Å². The molecular weight excluding hydrogens is 438 g/mol. The molecule has 3 heterocycles. The average molecular weight is 463 g/mol. The molecule has 2 aromatic rings. The van der Waals surface area contributed by atoms with E-state index in [1.54, 1.807) is 6.07 Å². The fourth-order valence-corrected chi connectivity index (χ4v) is 3.63. The number of aliphatic hydroxyl groups excluding tert-OH is 2. The van der Waals surface area contributed by atoms with Gasteiger partial charge in [0.15, 0.2) is 5.82 Å². The molecule has 1 fully saturated rings. The van der Waals surface area contributed by atoms with Crippen molar-refractivity contribution in [1.29, 1.82) is 5.26 Å². The predicted octanol–water partition coefficient (Wildman–Crippen LogP) is 0.339. The number of anilines is 1. The summed E-state index contributed by atoms with van der Waals surface area (Å²) in [5, 5.41) is 43.5. The second-order valence-corrected chi connectivity index (χ2v) is 7.57. The fourth-order valence-electron chi connectivity index (χ4n) is 3.63. The van der Waals surface area contributed by atoms with E-state index in [9.17, 15) is 25.1 Å². The highest BCUT2D eigenvalue weighted by molar-refractivity contribution is 5.66. The van der Waals surface area contributed by atoms with Gasteiger partial charge in [0.1, 0.15) is 42.8 Å². The van der Waals surface area contributed by atoms with Gasteiger partial charge < -0.3 is 35.3 Å². The van der Waals surface area contributed by atoms with Crippen LogP contribution in [0.25, 0.3) is 5.52 Å². The molecule has 13 heteroatoms. The number of carboxylic acid groups (broad SMARTS) is 1. The highest BCUT2D eigenvalue weighted by atomic mass is 16.7. The molecule has 1 aliphatic rings. The van der Waals surface area contributed by atoms with E-state index in [0.717, 1.165) is 0 Å². The minimum absolute atomic E-state index is 0.0853. The van der Waals surface area contributed by atoms with Crippen molar-refractivity contribution < 1.29 is 39.1 Å². The smallest absolute Gasteiger partial charge is 0.481 e. The van der Waals surface area contributed by atoms with E-state index in [0.29, 0.717) is 31.2 Å². The van der Waals surface area contributed by atoms with E-state index in [2.05, 4.69) is 10.1 Å². The second-order valence-electron chi connectivity index (χ2n) is 7.57. The molecule has 1 saturated heterocycles. The Kier molecular flexibility index (Phi) is 7.64. The normalized spacial score (nSPS) is 24.5. The summed E-state index contributed by atoms with van der Waals surface area (Å²) in [6, 6.07) is 4.92. The Hall–Kier alpha value is -3.47. The van der Waals surface area contributed by atoms with Gasteiger partial charge >= 0.3 is 12.1 Å². The molecule has 4 atom stereocenters. The van der Waals surface area contributed by atoms with Crippen molar-refractivity contribution in [1.82, 2.24) is 14.6 Å². The number of carbonyl (C=O) groups excluding carboxylic acids is 1. The topological polar surface area (TPSA) is 203 Å². The van der Waals surface area contributed by atoms with Crippen LogP contribution in [0.15, 0.2) is 18.5 Å². The summed E-state index contributed by atoms with van der Waals surface area (Å²) in [4.78, 5) is 26.1. The molecule has 2 aromatic heterocycles. The molecule has 0 unspecified atom stereocenters. The summed E-state index contributed by atoms with van der Waals surface area (Å²) < 4.78 is 16.9. The number of nitriles is 1. The van der Waals surface area contributed by atoms with Gasteiger partial charge in [0, 0.05) is 6.42 Å². The van der Waals surface area contributed by atoms with Gasteiger partial charge in [0.25, 0.3) is 0 Å². The lowest BCUT2D eigenvalue weighted by molar-refractivity contribution is -0.137. The summed E-state index contributed by atoms with van der Waals surface area (Å²) in [5.41, 5.74) is 4.34. The molecule has 1 aliphatic heterocycles. The van der Waals surface area contributed by atoms with Crippen molar-refractivity contribution in [2.45, 2.75) is 56.0 Å². The van der Waals surface area contributed by atoms with Crippen LogP contribution < -0.4 is 5.73 Å². The van der Waals surface area contributed by atoms with Crippen LogP contribution in [0, 0.1) is 11.3 Å². The van der Waals surface area contributed by atoms with Gasteiger partial charge in [0.2, 0.25) is 5.60 Å². The molecule has 0 spiro atoms. The molecule has 178 valence electrons. The van der Waals surface area contributed by atoms with Gasteiger partial charge in [-0.15, -0.1) is 0 Å². The summed E-state index contributed by atoms with van der Waals surface area (Å²) in [7, 11) is 0. The Morgan fingerprint density at radius 2 is 2.00 bits per heavy atom. The maximum absolute atomic E-state index is 11.8. The highest BCUT2D eigenvalue weighted by Crippen LogP contribution is 2.40. The van der Waals surface area contributed by atoms with Gasteiger partial charge in [-0.3, -0.25) is 4.79 Å². The van der Waals surface area contributed by atoms with Crippen LogP contribution in [0.3, 0.4) is 0 Å². The molecule has 3 rings (SSSR count). The maximum Gasteiger partial charge on any atom is 0.508 e. The molecule has 5 N–H and O–H groups in total. The molecular formula is C20H25N5O8. The second kappa shape index (κ2) is 10.4. The zero-order valence-electron chi connectivity index (χ0n) is 17.7. The van der Waals surface area contributed by atoms with E-state index in [4.69, 9.17) is 25.1 Å². The first-order chi connectivity index (χ1) is 15.8. The quantitative estimate of drug-likeness (QED) is 0.278. The third kappa shape index (κ3) is 5.14. The largest absolute Gasteiger partial charge is 0.508 e. The van der Waals surface area contributed by atoms with Gasteiger partial charge in [-0.1, -0.05) is 12.8 Å². The molecule has 0 aromatic carbocycles. The number of nitrogens with two attached hydrogens (primary N) is 1. The van der Waals surface area contributed by atoms with Crippen LogP contribution >= 0.6 is 0 Å². The van der Waals surface area contributed by atoms with Crippen LogP contribution in [-0.2, 0) is 24.6 Å². The summed E-state index contributed by atoms with van der Waals surface area (Å²) in [6.45, 7) is -0.373. The average Bonchev–Trinajstić information content (AvgIpc) is 3.33. The predicted molar refractivity (Wildman–Crippen MR) is 110 cm³/mol.